The van der Waals surface area contributed by atoms with Crippen LogP contribution in [-0.2, 0) is 4.74 Å². The summed E-state index contributed by atoms with van der Waals surface area (Å²) in [6.07, 6.45) is 11.2. The average molecular weight is 211 g/mol. The molecule has 0 aliphatic heterocycles. The van der Waals surface area contributed by atoms with Crippen molar-refractivity contribution < 1.29 is 4.74 Å². The highest BCUT2D eigenvalue weighted by Crippen LogP contribution is 2.36. The van der Waals surface area contributed by atoms with Gasteiger partial charge in [-0.3, -0.25) is 0 Å². The first-order valence-electron chi connectivity index (χ1n) is 6.61. The number of hydrogen-bond acceptors (Lipinski definition) is 2. The molecule has 0 saturated heterocycles. The van der Waals surface area contributed by atoms with Gasteiger partial charge in [-0.2, -0.15) is 0 Å². The monoisotopic (exact) mass is 211 g/mol. The van der Waals surface area contributed by atoms with Crippen LogP contribution in [0.5, 0.6) is 0 Å². The van der Waals surface area contributed by atoms with Crippen LogP contribution in [0.2, 0.25) is 0 Å². The lowest BCUT2D eigenvalue weighted by atomic mass is 9.73. The van der Waals surface area contributed by atoms with E-state index in [1.54, 1.807) is 0 Å². The molecule has 2 rings (SSSR count). The first-order chi connectivity index (χ1) is 7.33. The molecule has 2 fully saturated rings. The summed E-state index contributed by atoms with van der Waals surface area (Å²) < 4.78 is 5.68. The van der Waals surface area contributed by atoms with Crippen LogP contribution < -0.4 is 5.73 Å². The number of hydrogen-bond donors (Lipinski definition) is 1. The Balaban J connectivity index is 1.88. The molecule has 0 aromatic carbocycles. The van der Waals surface area contributed by atoms with Gasteiger partial charge in [-0.05, 0) is 37.5 Å². The van der Waals surface area contributed by atoms with Gasteiger partial charge in [0.05, 0.1) is 6.10 Å². The fourth-order valence-electron chi connectivity index (χ4n) is 3.22. The topological polar surface area (TPSA) is 35.2 Å². The lowest BCUT2D eigenvalue weighted by Crippen LogP contribution is -2.48. The van der Waals surface area contributed by atoms with Crippen molar-refractivity contribution in [3.8, 4) is 0 Å². The molecule has 2 aliphatic carbocycles. The van der Waals surface area contributed by atoms with Crippen LogP contribution in [0.25, 0.3) is 0 Å². The van der Waals surface area contributed by atoms with Crippen LogP contribution in [-0.4, -0.2) is 19.3 Å². The molecule has 0 aromatic heterocycles. The van der Waals surface area contributed by atoms with E-state index in [9.17, 15) is 0 Å². The summed E-state index contributed by atoms with van der Waals surface area (Å²) in [5, 5.41) is 0. The molecule has 0 aromatic rings. The van der Waals surface area contributed by atoms with Crippen molar-refractivity contribution in [2.45, 2.75) is 63.5 Å². The zero-order chi connectivity index (χ0) is 10.7. The fourth-order valence-corrected chi connectivity index (χ4v) is 3.22. The van der Waals surface area contributed by atoms with Crippen LogP contribution in [0.4, 0.5) is 0 Å². The van der Waals surface area contributed by atoms with Gasteiger partial charge in [-0.15, -0.1) is 0 Å². The van der Waals surface area contributed by atoms with E-state index < -0.39 is 0 Å². The molecule has 2 N–H and O–H groups in total. The number of nitrogens with two attached hydrogens (primary N) is 1. The third-order valence-corrected chi connectivity index (χ3v) is 4.46. The van der Waals surface area contributed by atoms with E-state index in [-0.39, 0.29) is 0 Å². The molecule has 0 bridgehead atoms. The molecule has 0 heterocycles. The number of ether oxygens (including phenoxy) is 1. The van der Waals surface area contributed by atoms with E-state index in [4.69, 9.17) is 10.5 Å². The number of methoxy groups -OCH3 is 1. The van der Waals surface area contributed by atoms with Gasteiger partial charge in [0.25, 0.3) is 0 Å². The van der Waals surface area contributed by atoms with Crippen molar-refractivity contribution in [3.05, 3.63) is 0 Å². The summed E-state index contributed by atoms with van der Waals surface area (Å²) in [7, 11) is 1.85. The van der Waals surface area contributed by atoms with E-state index in [1.165, 1.54) is 51.4 Å². The third-order valence-electron chi connectivity index (χ3n) is 4.46. The first kappa shape index (κ1) is 11.4. The minimum absolute atomic E-state index is 0.298. The normalized spacial score (nSPS) is 28.4. The lowest BCUT2D eigenvalue weighted by molar-refractivity contribution is -0.00741. The molecular weight excluding hydrogens is 186 g/mol. The summed E-state index contributed by atoms with van der Waals surface area (Å²) in [5.41, 5.74) is 6.34. The van der Waals surface area contributed by atoms with E-state index in [0.717, 1.165) is 11.8 Å². The summed E-state index contributed by atoms with van der Waals surface area (Å²) in [5.74, 6) is 1.48. The second-order valence-corrected chi connectivity index (χ2v) is 5.37. The molecule has 2 atom stereocenters. The zero-order valence-corrected chi connectivity index (χ0v) is 9.95. The van der Waals surface area contributed by atoms with E-state index in [0.29, 0.717) is 12.1 Å². The summed E-state index contributed by atoms with van der Waals surface area (Å²) >= 11 is 0. The summed E-state index contributed by atoms with van der Waals surface area (Å²) in [6, 6.07) is 0.298. The van der Waals surface area contributed by atoms with Gasteiger partial charge in [-0.25, -0.2) is 0 Å². The fraction of sp³-hybridized carbons (Fsp3) is 1.00. The minimum Gasteiger partial charge on any atom is -0.380 e. The van der Waals surface area contributed by atoms with Crippen molar-refractivity contribution in [3.63, 3.8) is 0 Å². The molecule has 0 amide bonds. The molecule has 0 radical (unpaired) electrons. The van der Waals surface area contributed by atoms with Crippen molar-refractivity contribution in [2.75, 3.05) is 7.11 Å². The van der Waals surface area contributed by atoms with Crippen molar-refractivity contribution in [1.82, 2.24) is 0 Å². The Morgan fingerprint density at radius 1 is 0.933 bits per heavy atom. The largest absolute Gasteiger partial charge is 0.380 e. The Labute approximate surface area is 93.6 Å². The summed E-state index contributed by atoms with van der Waals surface area (Å²) in [4.78, 5) is 0. The molecule has 2 aliphatic rings. The molecule has 2 heteroatoms. The van der Waals surface area contributed by atoms with Crippen LogP contribution in [0.1, 0.15) is 51.4 Å². The predicted molar refractivity (Wildman–Crippen MR) is 62.7 cm³/mol. The van der Waals surface area contributed by atoms with Crippen molar-refractivity contribution in [2.24, 2.45) is 17.6 Å². The zero-order valence-electron chi connectivity index (χ0n) is 9.95. The van der Waals surface area contributed by atoms with Crippen molar-refractivity contribution in [1.29, 1.82) is 0 Å². The van der Waals surface area contributed by atoms with Crippen molar-refractivity contribution >= 4 is 0 Å². The minimum atomic E-state index is 0.298. The first-order valence-corrected chi connectivity index (χ1v) is 6.61. The van der Waals surface area contributed by atoms with Crippen LogP contribution in [0.15, 0.2) is 0 Å². The highest BCUT2D eigenvalue weighted by molar-refractivity contribution is 4.90. The Morgan fingerprint density at radius 3 is 2.00 bits per heavy atom. The molecule has 2 unspecified atom stereocenters. The second kappa shape index (κ2) is 5.31. The average Bonchev–Trinajstić information content (AvgIpc) is 2.18. The molecule has 15 heavy (non-hydrogen) atoms. The molecule has 2 nitrogen and oxygen atoms in total. The van der Waals surface area contributed by atoms with Crippen LogP contribution in [0.3, 0.4) is 0 Å². The second-order valence-electron chi connectivity index (χ2n) is 5.37. The Hall–Kier alpha value is -0.0800. The summed E-state index contributed by atoms with van der Waals surface area (Å²) in [6.45, 7) is 0. The maximum atomic E-state index is 6.34. The Morgan fingerprint density at radius 2 is 1.53 bits per heavy atom. The van der Waals surface area contributed by atoms with Gasteiger partial charge in [0, 0.05) is 13.2 Å². The van der Waals surface area contributed by atoms with Gasteiger partial charge in [0.2, 0.25) is 0 Å². The van der Waals surface area contributed by atoms with Gasteiger partial charge in [-0.1, -0.05) is 25.7 Å². The van der Waals surface area contributed by atoms with Gasteiger partial charge in [0.15, 0.2) is 0 Å². The van der Waals surface area contributed by atoms with Gasteiger partial charge >= 0.3 is 0 Å². The van der Waals surface area contributed by atoms with E-state index in [1.807, 2.05) is 7.11 Å². The molecule has 0 spiro atoms. The van der Waals surface area contributed by atoms with Gasteiger partial charge < -0.3 is 10.5 Å². The number of rotatable bonds is 4. The molecule has 88 valence electrons. The van der Waals surface area contributed by atoms with Crippen LogP contribution in [0, 0.1) is 11.8 Å². The molecular formula is C13H25NO. The van der Waals surface area contributed by atoms with E-state index in [2.05, 4.69) is 0 Å². The predicted octanol–water partition coefficient (Wildman–Crippen LogP) is 2.71. The quantitative estimate of drug-likeness (QED) is 0.776. The highest BCUT2D eigenvalue weighted by Gasteiger charge is 2.35. The highest BCUT2D eigenvalue weighted by atomic mass is 16.5. The maximum Gasteiger partial charge on any atom is 0.0752 e. The van der Waals surface area contributed by atoms with Gasteiger partial charge in [0.1, 0.15) is 0 Å². The smallest absolute Gasteiger partial charge is 0.0752 e. The Bertz CT molecular complexity index is 183. The standard InChI is InChI=1S/C13H25NO/c1-15-13(11-6-3-2-4-7-11)12(14)10-8-5-9-10/h10-13H,2-9,14H2,1H3. The Kier molecular flexibility index (Phi) is 4.04. The maximum absolute atomic E-state index is 6.34. The lowest BCUT2D eigenvalue weighted by Gasteiger charge is -2.40. The molecule has 2 saturated carbocycles. The van der Waals surface area contributed by atoms with Crippen LogP contribution >= 0.6 is 0 Å². The van der Waals surface area contributed by atoms with E-state index >= 15 is 0 Å². The SMILES string of the molecule is COC(C1CCCCC1)C(N)C1CCC1. The third kappa shape index (κ3) is 2.54.